The van der Waals surface area contributed by atoms with E-state index < -0.39 is 0 Å². The van der Waals surface area contributed by atoms with Crippen LogP contribution in [-0.4, -0.2) is 22.0 Å². The van der Waals surface area contributed by atoms with Crippen LogP contribution in [0.2, 0.25) is 0 Å². The molecule has 2 aromatic rings. The summed E-state index contributed by atoms with van der Waals surface area (Å²) in [5.41, 5.74) is 8.28. The highest BCUT2D eigenvalue weighted by atomic mass is 32.2. The van der Waals surface area contributed by atoms with Gasteiger partial charge in [-0.15, -0.1) is 0 Å². The minimum Gasteiger partial charge on any atom is -0.327 e. The Morgan fingerprint density at radius 1 is 1.17 bits per heavy atom. The molecule has 3 heteroatoms. The average Bonchev–Trinajstić information content (AvgIpc) is 2.36. The highest BCUT2D eigenvalue weighted by Gasteiger charge is 2.07. The van der Waals surface area contributed by atoms with Gasteiger partial charge in [0.25, 0.3) is 0 Å². The van der Waals surface area contributed by atoms with Crippen LogP contribution < -0.4 is 5.73 Å². The van der Waals surface area contributed by atoms with Gasteiger partial charge >= 0.3 is 0 Å². The van der Waals surface area contributed by atoms with E-state index in [2.05, 4.69) is 37.0 Å². The Hall–Kier alpha value is -1.06. The van der Waals surface area contributed by atoms with Crippen LogP contribution >= 0.6 is 11.8 Å². The van der Waals surface area contributed by atoms with Crippen LogP contribution in [0.25, 0.3) is 10.9 Å². The van der Waals surface area contributed by atoms with Crippen molar-refractivity contribution in [3.63, 3.8) is 0 Å². The Bertz CT molecular complexity index is 511. The molecule has 0 fully saturated rings. The molecule has 0 saturated heterocycles. The fourth-order valence-corrected chi connectivity index (χ4v) is 2.62. The third-order valence-corrected chi connectivity index (χ3v) is 4.06. The van der Waals surface area contributed by atoms with Crippen LogP contribution in [-0.2, 0) is 6.42 Å². The van der Waals surface area contributed by atoms with E-state index in [4.69, 9.17) is 5.73 Å². The summed E-state index contributed by atoms with van der Waals surface area (Å²) in [6, 6.07) is 12.6. The number of hydrogen-bond donors (Lipinski definition) is 1. The van der Waals surface area contributed by atoms with E-state index in [1.165, 1.54) is 5.39 Å². The van der Waals surface area contributed by atoms with Crippen LogP contribution in [0.4, 0.5) is 0 Å². The standard InChI is InChI=1S/C15H20N2S/c1-11(2)18-10-13(16)9-14-8-7-12-5-3-4-6-15(12)17-14/h3-8,11,13H,9-10,16H2,1-2H3. The van der Waals surface area contributed by atoms with Crippen molar-refractivity contribution in [3.05, 3.63) is 42.1 Å². The summed E-state index contributed by atoms with van der Waals surface area (Å²) in [4.78, 5) is 4.65. The van der Waals surface area contributed by atoms with Crippen molar-refractivity contribution in [2.24, 2.45) is 5.73 Å². The zero-order valence-corrected chi connectivity index (χ0v) is 11.8. The van der Waals surface area contributed by atoms with Gasteiger partial charge < -0.3 is 5.73 Å². The first kappa shape index (κ1) is 13.4. The lowest BCUT2D eigenvalue weighted by Crippen LogP contribution is -2.26. The normalized spacial score (nSPS) is 13.1. The molecule has 0 radical (unpaired) electrons. The van der Waals surface area contributed by atoms with Crippen molar-refractivity contribution < 1.29 is 0 Å². The predicted molar refractivity (Wildman–Crippen MR) is 81.0 cm³/mol. The molecule has 0 aliphatic heterocycles. The summed E-state index contributed by atoms with van der Waals surface area (Å²) in [6.45, 7) is 4.40. The van der Waals surface area contributed by atoms with Gasteiger partial charge in [0.2, 0.25) is 0 Å². The molecule has 2 N–H and O–H groups in total. The fraction of sp³-hybridized carbons (Fsp3) is 0.400. The molecular formula is C15H20N2S. The lowest BCUT2D eigenvalue weighted by atomic mass is 10.1. The minimum atomic E-state index is 0.186. The van der Waals surface area contributed by atoms with Crippen molar-refractivity contribution in [2.45, 2.75) is 31.6 Å². The molecule has 0 aliphatic carbocycles. The van der Waals surface area contributed by atoms with Gasteiger partial charge in [0.1, 0.15) is 0 Å². The number of nitrogens with two attached hydrogens (primary N) is 1. The number of fused-ring (bicyclic) bond motifs is 1. The SMILES string of the molecule is CC(C)SCC(N)Cc1ccc2ccccc2n1. The Kier molecular flexibility index (Phi) is 4.61. The molecule has 1 aromatic heterocycles. The highest BCUT2D eigenvalue weighted by molar-refractivity contribution is 7.99. The Morgan fingerprint density at radius 3 is 2.72 bits per heavy atom. The molecule has 18 heavy (non-hydrogen) atoms. The number of benzene rings is 1. The third-order valence-electron chi connectivity index (χ3n) is 2.77. The minimum absolute atomic E-state index is 0.186. The van der Waals surface area contributed by atoms with E-state index in [-0.39, 0.29) is 6.04 Å². The van der Waals surface area contributed by atoms with Crippen molar-refractivity contribution >= 4 is 22.7 Å². The van der Waals surface area contributed by atoms with E-state index in [9.17, 15) is 0 Å². The molecule has 2 rings (SSSR count). The summed E-state index contributed by atoms with van der Waals surface area (Å²) >= 11 is 1.91. The van der Waals surface area contributed by atoms with E-state index in [0.29, 0.717) is 5.25 Å². The quantitative estimate of drug-likeness (QED) is 0.897. The topological polar surface area (TPSA) is 38.9 Å². The molecule has 1 unspecified atom stereocenters. The van der Waals surface area contributed by atoms with Crippen LogP contribution in [0.15, 0.2) is 36.4 Å². The van der Waals surface area contributed by atoms with Gasteiger partial charge in [0, 0.05) is 29.3 Å². The maximum atomic E-state index is 6.14. The largest absolute Gasteiger partial charge is 0.327 e. The van der Waals surface area contributed by atoms with Crippen molar-refractivity contribution in [3.8, 4) is 0 Å². The lowest BCUT2D eigenvalue weighted by molar-refractivity contribution is 0.733. The maximum Gasteiger partial charge on any atom is 0.0705 e. The second-order valence-corrected chi connectivity index (χ2v) is 6.45. The van der Waals surface area contributed by atoms with E-state index >= 15 is 0 Å². The number of thioether (sulfide) groups is 1. The molecule has 0 aliphatic rings. The van der Waals surface area contributed by atoms with Gasteiger partial charge in [-0.1, -0.05) is 38.1 Å². The van der Waals surface area contributed by atoms with Gasteiger partial charge in [-0.05, 0) is 17.4 Å². The Balaban J connectivity index is 2.03. The Morgan fingerprint density at radius 2 is 1.94 bits per heavy atom. The van der Waals surface area contributed by atoms with E-state index in [1.807, 2.05) is 30.0 Å². The van der Waals surface area contributed by atoms with Crippen LogP contribution in [0.1, 0.15) is 19.5 Å². The number of pyridine rings is 1. The first-order valence-electron chi connectivity index (χ1n) is 6.37. The first-order valence-corrected chi connectivity index (χ1v) is 7.42. The molecule has 0 saturated carbocycles. The van der Waals surface area contributed by atoms with Crippen molar-refractivity contribution in [1.82, 2.24) is 4.98 Å². The van der Waals surface area contributed by atoms with Crippen LogP contribution in [0.5, 0.6) is 0 Å². The monoisotopic (exact) mass is 260 g/mol. The number of rotatable bonds is 5. The number of hydrogen-bond acceptors (Lipinski definition) is 3. The second-order valence-electron chi connectivity index (χ2n) is 4.84. The zero-order valence-electron chi connectivity index (χ0n) is 11.0. The summed E-state index contributed by atoms with van der Waals surface area (Å²) in [6.07, 6.45) is 0.852. The molecule has 2 nitrogen and oxygen atoms in total. The van der Waals surface area contributed by atoms with Crippen molar-refractivity contribution in [1.29, 1.82) is 0 Å². The predicted octanol–water partition coefficient (Wildman–Crippen LogP) is 3.25. The average molecular weight is 260 g/mol. The highest BCUT2D eigenvalue weighted by Crippen LogP contribution is 2.15. The molecular weight excluding hydrogens is 240 g/mol. The number of aromatic nitrogens is 1. The summed E-state index contributed by atoms with van der Waals surface area (Å²) in [5, 5.41) is 1.83. The van der Waals surface area contributed by atoms with Gasteiger partial charge in [-0.2, -0.15) is 11.8 Å². The van der Waals surface area contributed by atoms with Gasteiger partial charge in [0.05, 0.1) is 5.52 Å². The van der Waals surface area contributed by atoms with Gasteiger partial charge in [-0.25, -0.2) is 0 Å². The number of para-hydroxylation sites is 1. The Labute approximate surface area is 113 Å². The molecule has 0 bridgehead atoms. The smallest absolute Gasteiger partial charge is 0.0705 e. The molecule has 1 heterocycles. The number of nitrogens with zero attached hydrogens (tertiary/aromatic N) is 1. The van der Waals surface area contributed by atoms with Crippen LogP contribution in [0, 0.1) is 0 Å². The second kappa shape index (κ2) is 6.21. The summed E-state index contributed by atoms with van der Waals surface area (Å²) in [7, 11) is 0. The summed E-state index contributed by atoms with van der Waals surface area (Å²) < 4.78 is 0. The first-order chi connectivity index (χ1) is 8.65. The van der Waals surface area contributed by atoms with Crippen molar-refractivity contribution in [2.75, 3.05) is 5.75 Å². The molecule has 1 atom stereocenters. The van der Waals surface area contributed by atoms with E-state index in [1.54, 1.807) is 0 Å². The molecule has 1 aromatic carbocycles. The maximum absolute atomic E-state index is 6.14. The summed E-state index contributed by atoms with van der Waals surface area (Å²) in [5.74, 6) is 0.992. The molecule has 0 amide bonds. The fourth-order valence-electron chi connectivity index (χ4n) is 1.87. The lowest BCUT2D eigenvalue weighted by Gasteiger charge is -2.12. The van der Waals surface area contributed by atoms with Crippen LogP contribution in [0.3, 0.4) is 0 Å². The van der Waals surface area contributed by atoms with E-state index in [0.717, 1.165) is 23.4 Å². The molecule has 96 valence electrons. The van der Waals surface area contributed by atoms with Gasteiger partial charge in [-0.3, -0.25) is 4.98 Å². The van der Waals surface area contributed by atoms with Gasteiger partial charge in [0.15, 0.2) is 0 Å². The zero-order chi connectivity index (χ0) is 13.0. The molecule has 0 spiro atoms. The third kappa shape index (κ3) is 3.72.